The Labute approximate surface area is 88.0 Å². The molecule has 0 saturated carbocycles. The monoisotopic (exact) mass is 210 g/mol. The van der Waals surface area contributed by atoms with Crippen molar-refractivity contribution in [2.45, 2.75) is 25.9 Å². The lowest BCUT2D eigenvalue weighted by Crippen LogP contribution is -2.52. The number of esters is 1. The summed E-state index contributed by atoms with van der Waals surface area (Å²) in [5.41, 5.74) is 0.861. The van der Waals surface area contributed by atoms with Crippen molar-refractivity contribution >= 4 is 5.97 Å². The molecule has 5 nitrogen and oxygen atoms in total. The largest absolute Gasteiger partial charge is 0.468 e. The molecular formula is C10H14N2O3. The van der Waals surface area contributed by atoms with E-state index in [2.05, 4.69) is 5.16 Å². The maximum atomic E-state index is 11.3. The molecule has 1 fully saturated rings. The third-order valence-electron chi connectivity index (χ3n) is 2.64. The summed E-state index contributed by atoms with van der Waals surface area (Å²) in [6.45, 7) is 3.40. The zero-order valence-electron chi connectivity index (χ0n) is 8.90. The molecule has 0 aromatic carbocycles. The number of ether oxygens (including phenoxy) is 1. The number of nitrogens with zero attached hydrogens (tertiary/aromatic N) is 2. The zero-order valence-corrected chi connectivity index (χ0v) is 8.90. The molecule has 1 aromatic heterocycles. The van der Waals surface area contributed by atoms with E-state index in [1.54, 1.807) is 0 Å². The van der Waals surface area contributed by atoms with Crippen LogP contribution in [0.25, 0.3) is 0 Å². The fraction of sp³-hybridized carbons (Fsp3) is 0.600. The highest BCUT2D eigenvalue weighted by atomic mass is 16.5. The average Bonchev–Trinajstić information content (AvgIpc) is 2.58. The topological polar surface area (TPSA) is 55.6 Å². The van der Waals surface area contributed by atoms with Crippen molar-refractivity contribution in [1.82, 2.24) is 10.1 Å². The van der Waals surface area contributed by atoms with Gasteiger partial charge < -0.3 is 9.26 Å². The van der Waals surface area contributed by atoms with E-state index in [1.807, 2.05) is 17.9 Å². The molecule has 1 saturated heterocycles. The van der Waals surface area contributed by atoms with Crippen LogP contribution in [-0.4, -0.2) is 35.7 Å². The third-order valence-corrected chi connectivity index (χ3v) is 2.64. The number of methoxy groups -OCH3 is 1. The van der Waals surface area contributed by atoms with Crippen molar-refractivity contribution in [3.63, 3.8) is 0 Å². The van der Waals surface area contributed by atoms with E-state index in [0.717, 1.165) is 24.4 Å². The number of aromatic nitrogens is 1. The number of rotatable bonds is 3. The van der Waals surface area contributed by atoms with Crippen molar-refractivity contribution < 1.29 is 14.1 Å². The standard InChI is InChI=1S/C10H14N2O3/c1-7-5-8(15-11-7)6-12-4-3-9(12)10(13)14-2/h5,9H,3-4,6H2,1-2H3. The van der Waals surface area contributed by atoms with Crippen LogP contribution in [0.5, 0.6) is 0 Å². The van der Waals surface area contributed by atoms with Gasteiger partial charge in [0.15, 0.2) is 5.76 Å². The van der Waals surface area contributed by atoms with Gasteiger partial charge in [0.05, 0.1) is 19.3 Å². The molecule has 0 radical (unpaired) electrons. The molecule has 0 bridgehead atoms. The van der Waals surface area contributed by atoms with Crippen molar-refractivity contribution in [3.05, 3.63) is 17.5 Å². The predicted molar refractivity (Wildman–Crippen MR) is 52.1 cm³/mol. The number of carbonyl (C=O) groups excluding carboxylic acids is 1. The van der Waals surface area contributed by atoms with Gasteiger partial charge in [0.1, 0.15) is 6.04 Å². The number of carbonyl (C=O) groups is 1. The summed E-state index contributed by atoms with van der Waals surface area (Å²) in [7, 11) is 1.41. The molecule has 0 spiro atoms. The Morgan fingerprint density at radius 3 is 3.07 bits per heavy atom. The highest BCUT2D eigenvalue weighted by molar-refractivity contribution is 5.76. The van der Waals surface area contributed by atoms with E-state index in [1.165, 1.54) is 7.11 Å². The van der Waals surface area contributed by atoms with Gasteiger partial charge in [0.2, 0.25) is 0 Å². The van der Waals surface area contributed by atoms with Gasteiger partial charge in [-0.3, -0.25) is 9.69 Å². The predicted octanol–water partition coefficient (Wildman–Crippen LogP) is 0.730. The fourth-order valence-corrected chi connectivity index (χ4v) is 1.72. The van der Waals surface area contributed by atoms with Crippen LogP contribution in [0.1, 0.15) is 17.9 Å². The second kappa shape index (κ2) is 4.02. The lowest BCUT2D eigenvalue weighted by molar-refractivity contribution is -0.152. The summed E-state index contributed by atoms with van der Waals surface area (Å²) in [5.74, 6) is 0.624. The van der Waals surface area contributed by atoms with Crippen molar-refractivity contribution in [2.75, 3.05) is 13.7 Å². The van der Waals surface area contributed by atoms with Gasteiger partial charge >= 0.3 is 5.97 Å². The molecule has 2 rings (SSSR count). The quantitative estimate of drug-likeness (QED) is 0.688. The SMILES string of the molecule is COC(=O)C1CCN1Cc1cc(C)no1. The zero-order chi connectivity index (χ0) is 10.8. The van der Waals surface area contributed by atoms with Gasteiger partial charge in [-0.05, 0) is 13.3 Å². The van der Waals surface area contributed by atoms with Crippen LogP contribution in [0.3, 0.4) is 0 Å². The molecule has 0 amide bonds. The average molecular weight is 210 g/mol. The van der Waals surface area contributed by atoms with Crippen LogP contribution in [0, 0.1) is 6.92 Å². The maximum absolute atomic E-state index is 11.3. The lowest BCUT2D eigenvalue weighted by Gasteiger charge is -2.37. The first-order valence-corrected chi connectivity index (χ1v) is 4.95. The minimum absolute atomic E-state index is 0.111. The van der Waals surface area contributed by atoms with Crippen LogP contribution in [0.4, 0.5) is 0 Å². The van der Waals surface area contributed by atoms with Crippen molar-refractivity contribution in [2.24, 2.45) is 0 Å². The van der Waals surface area contributed by atoms with E-state index in [4.69, 9.17) is 9.26 Å². The van der Waals surface area contributed by atoms with Crippen molar-refractivity contribution in [1.29, 1.82) is 0 Å². The normalized spacial score (nSPS) is 21.1. The van der Waals surface area contributed by atoms with Crippen LogP contribution in [0.2, 0.25) is 0 Å². The first kappa shape index (κ1) is 10.2. The molecule has 1 unspecified atom stereocenters. The fourth-order valence-electron chi connectivity index (χ4n) is 1.72. The summed E-state index contributed by atoms with van der Waals surface area (Å²) in [6.07, 6.45) is 0.861. The van der Waals surface area contributed by atoms with Crippen LogP contribution in [0.15, 0.2) is 10.6 Å². The Bertz CT molecular complexity index is 361. The molecule has 15 heavy (non-hydrogen) atoms. The molecule has 0 aliphatic carbocycles. The number of aryl methyl sites for hydroxylation is 1. The Hall–Kier alpha value is -1.36. The first-order valence-electron chi connectivity index (χ1n) is 4.95. The van der Waals surface area contributed by atoms with Gasteiger partial charge in [-0.15, -0.1) is 0 Å². The summed E-state index contributed by atoms with van der Waals surface area (Å²) < 4.78 is 9.79. The highest BCUT2D eigenvalue weighted by Crippen LogP contribution is 2.21. The van der Waals surface area contributed by atoms with Crippen molar-refractivity contribution in [3.8, 4) is 0 Å². The second-order valence-corrected chi connectivity index (χ2v) is 3.73. The number of hydrogen-bond donors (Lipinski definition) is 0. The van der Waals surface area contributed by atoms with Gasteiger partial charge in [0.25, 0.3) is 0 Å². The first-order chi connectivity index (χ1) is 7.20. The summed E-state index contributed by atoms with van der Waals surface area (Å²) >= 11 is 0. The molecule has 1 atom stereocenters. The number of likely N-dealkylation sites (tertiary alicyclic amines) is 1. The Morgan fingerprint density at radius 2 is 2.60 bits per heavy atom. The Balaban J connectivity index is 1.93. The molecule has 1 aromatic rings. The van der Waals surface area contributed by atoms with Crippen LogP contribution < -0.4 is 0 Å². The summed E-state index contributed by atoms with van der Waals surface area (Å²) in [6, 6.07) is 1.77. The minimum atomic E-state index is -0.169. The van der Waals surface area contributed by atoms with Crippen LogP contribution in [-0.2, 0) is 16.1 Å². The summed E-state index contributed by atoms with van der Waals surface area (Å²) in [5, 5.41) is 3.80. The smallest absolute Gasteiger partial charge is 0.323 e. The van der Waals surface area contributed by atoms with E-state index < -0.39 is 0 Å². The van der Waals surface area contributed by atoms with Gasteiger partial charge in [-0.1, -0.05) is 5.16 Å². The van der Waals surface area contributed by atoms with E-state index >= 15 is 0 Å². The molecule has 1 aliphatic heterocycles. The Morgan fingerprint density at radius 1 is 1.80 bits per heavy atom. The molecule has 5 heteroatoms. The van der Waals surface area contributed by atoms with Crippen LogP contribution >= 0.6 is 0 Å². The molecule has 1 aliphatic rings. The maximum Gasteiger partial charge on any atom is 0.323 e. The van der Waals surface area contributed by atoms with Gasteiger partial charge in [-0.2, -0.15) is 0 Å². The molecule has 82 valence electrons. The highest BCUT2D eigenvalue weighted by Gasteiger charge is 2.35. The van der Waals surface area contributed by atoms with Gasteiger partial charge in [0, 0.05) is 12.6 Å². The minimum Gasteiger partial charge on any atom is -0.468 e. The number of hydrogen-bond acceptors (Lipinski definition) is 5. The van der Waals surface area contributed by atoms with E-state index in [9.17, 15) is 4.79 Å². The Kier molecular flexibility index (Phi) is 2.73. The molecular weight excluding hydrogens is 196 g/mol. The lowest BCUT2D eigenvalue weighted by atomic mass is 10.0. The summed E-state index contributed by atoms with van der Waals surface area (Å²) in [4.78, 5) is 13.3. The second-order valence-electron chi connectivity index (χ2n) is 3.73. The molecule has 2 heterocycles. The van der Waals surface area contributed by atoms with Gasteiger partial charge in [-0.25, -0.2) is 0 Å². The third kappa shape index (κ3) is 2.02. The molecule has 0 N–H and O–H groups in total. The van der Waals surface area contributed by atoms with E-state index in [-0.39, 0.29) is 12.0 Å². The van der Waals surface area contributed by atoms with E-state index in [0.29, 0.717) is 6.54 Å².